The molecule has 1 aromatic rings. The molecule has 0 aliphatic carbocycles. The summed E-state index contributed by atoms with van der Waals surface area (Å²) in [5.74, 6) is 0. The van der Waals surface area contributed by atoms with E-state index in [1.165, 1.54) is 4.90 Å². The highest BCUT2D eigenvalue weighted by atomic mass is 79.9. The molecule has 1 fully saturated rings. The van der Waals surface area contributed by atoms with Crippen LogP contribution in [-0.4, -0.2) is 42.4 Å². The molecule has 8 heteroatoms. The van der Waals surface area contributed by atoms with Crippen LogP contribution >= 0.6 is 15.9 Å². The lowest BCUT2D eigenvalue weighted by Crippen LogP contribution is -2.54. The molecule has 1 aromatic carbocycles. The van der Waals surface area contributed by atoms with Crippen LogP contribution < -0.4 is 4.72 Å². The van der Waals surface area contributed by atoms with E-state index in [1.807, 2.05) is 20.8 Å². The summed E-state index contributed by atoms with van der Waals surface area (Å²) in [5.41, 5.74) is 0.177. The van der Waals surface area contributed by atoms with Crippen molar-refractivity contribution in [1.29, 1.82) is 0 Å². The van der Waals surface area contributed by atoms with E-state index in [2.05, 4.69) is 20.7 Å². The van der Waals surface area contributed by atoms with Gasteiger partial charge in [0, 0.05) is 22.7 Å². The molecular formula is C16H23BrN2O4S. The first kappa shape index (κ1) is 19.1. The van der Waals surface area contributed by atoms with Gasteiger partial charge in [0.1, 0.15) is 0 Å². The lowest BCUT2D eigenvalue weighted by molar-refractivity contribution is 0.0605. The fraction of sp³-hybridized carbons (Fsp3) is 0.562. The number of nitrogens with zero attached hydrogens (tertiary/aromatic N) is 1. The van der Waals surface area contributed by atoms with Crippen molar-refractivity contribution >= 4 is 37.7 Å². The van der Waals surface area contributed by atoms with Crippen LogP contribution in [0.2, 0.25) is 0 Å². The van der Waals surface area contributed by atoms with Gasteiger partial charge in [-0.3, -0.25) is 4.72 Å². The summed E-state index contributed by atoms with van der Waals surface area (Å²) in [6, 6.07) is 6.58. The monoisotopic (exact) mass is 418 g/mol. The summed E-state index contributed by atoms with van der Waals surface area (Å²) in [6.45, 7) is 6.03. The Morgan fingerprint density at radius 1 is 1.29 bits per heavy atom. The first-order valence-corrected chi connectivity index (χ1v) is 10.1. The number of hydrogen-bond acceptors (Lipinski definition) is 3. The Morgan fingerprint density at radius 3 is 2.38 bits per heavy atom. The average Bonchev–Trinajstić information content (AvgIpc) is 2.48. The van der Waals surface area contributed by atoms with Gasteiger partial charge < -0.3 is 10.0 Å². The summed E-state index contributed by atoms with van der Waals surface area (Å²) in [4.78, 5) is 12.8. The predicted molar refractivity (Wildman–Crippen MR) is 97.7 cm³/mol. The van der Waals surface area contributed by atoms with Crippen molar-refractivity contribution in [2.75, 3.05) is 11.3 Å². The van der Waals surface area contributed by atoms with E-state index >= 15 is 0 Å². The molecular weight excluding hydrogens is 396 g/mol. The molecule has 134 valence electrons. The van der Waals surface area contributed by atoms with Crippen LogP contribution in [0, 0.1) is 5.41 Å². The van der Waals surface area contributed by atoms with Crippen molar-refractivity contribution in [1.82, 2.24) is 4.90 Å². The highest BCUT2D eigenvalue weighted by molar-refractivity contribution is 9.10. The number of halogens is 1. The molecule has 6 nitrogen and oxygen atoms in total. The van der Waals surface area contributed by atoms with E-state index in [0.717, 1.165) is 4.47 Å². The molecule has 2 rings (SSSR count). The predicted octanol–water partition coefficient (Wildman–Crippen LogP) is 3.75. The van der Waals surface area contributed by atoms with Gasteiger partial charge in [-0.2, -0.15) is 0 Å². The molecule has 1 amide bonds. The minimum Gasteiger partial charge on any atom is -0.465 e. The van der Waals surface area contributed by atoms with E-state index in [4.69, 9.17) is 0 Å². The lowest BCUT2D eigenvalue weighted by Gasteiger charge is -2.44. The Morgan fingerprint density at radius 2 is 1.88 bits per heavy atom. The number of hydrogen-bond donors (Lipinski definition) is 2. The maximum atomic E-state index is 12.7. The second-order valence-corrected chi connectivity index (χ2v) is 10.0. The minimum atomic E-state index is -3.58. The van der Waals surface area contributed by atoms with Gasteiger partial charge in [-0.1, -0.05) is 36.7 Å². The van der Waals surface area contributed by atoms with Gasteiger partial charge in [-0.05, 0) is 42.5 Å². The van der Waals surface area contributed by atoms with Crippen molar-refractivity contribution in [2.45, 2.75) is 44.9 Å². The van der Waals surface area contributed by atoms with Gasteiger partial charge >= 0.3 is 6.09 Å². The summed E-state index contributed by atoms with van der Waals surface area (Å²) in [6.07, 6.45) is -0.404. The number of carbonyl (C=O) groups is 1. The summed E-state index contributed by atoms with van der Waals surface area (Å²) < 4.78 is 28.9. The standard InChI is InChI=1S/C16H23BrN2O4S/c1-16(2,3)14-10-13(8-9-19(14)15(20)21)24(22,23)18-12-6-4-11(17)5-7-12/h4-7,13-14,18H,8-10H2,1-3H3,(H,20,21). The first-order valence-electron chi connectivity index (χ1n) is 7.77. The Bertz CT molecular complexity index is 698. The zero-order valence-electron chi connectivity index (χ0n) is 14.0. The Kier molecular flexibility index (Phi) is 5.49. The van der Waals surface area contributed by atoms with Gasteiger partial charge in [0.2, 0.25) is 10.0 Å². The molecule has 0 aromatic heterocycles. The molecule has 1 aliphatic heterocycles. The summed E-state index contributed by atoms with van der Waals surface area (Å²) in [5, 5.41) is 8.77. The third-order valence-electron chi connectivity index (χ3n) is 4.34. The fourth-order valence-electron chi connectivity index (χ4n) is 3.03. The zero-order chi connectivity index (χ0) is 18.1. The van der Waals surface area contributed by atoms with E-state index in [9.17, 15) is 18.3 Å². The summed E-state index contributed by atoms with van der Waals surface area (Å²) >= 11 is 3.31. The number of anilines is 1. The van der Waals surface area contributed by atoms with Crippen molar-refractivity contribution < 1.29 is 18.3 Å². The van der Waals surface area contributed by atoms with Crippen LogP contribution in [-0.2, 0) is 10.0 Å². The molecule has 1 saturated heterocycles. The average molecular weight is 419 g/mol. The van der Waals surface area contributed by atoms with Crippen LogP contribution in [0.15, 0.2) is 28.7 Å². The molecule has 2 atom stereocenters. The first-order chi connectivity index (χ1) is 11.0. The van der Waals surface area contributed by atoms with E-state index in [0.29, 0.717) is 18.5 Å². The zero-order valence-corrected chi connectivity index (χ0v) is 16.4. The fourth-order valence-corrected chi connectivity index (χ4v) is 4.78. The SMILES string of the molecule is CC(C)(C)C1CC(S(=O)(=O)Nc2ccc(Br)cc2)CCN1C(=O)O. The van der Waals surface area contributed by atoms with E-state index in [-0.39, 0.29) is 18.0 Å². The molecule has 2 N–H and O–H groups in total. The van der Waals surface area contributed by atoms with Crippen LogP contribution in [0.5, 0.6) is 0 Å². The number of carboxylic acid groups (broad SMARTS) is 1. The van der Waals surface area contributed by atoms with Gasteiger partial charge in [0.05, 0.1) is 5.25 Å². The number of piperidine rings is 1. The van der Waals surface area contributed by atoms with Crippen molar-refractivity contribution in [3.05, 3.63) is 28.7 Å². The lowest BCUT2D eigenvalue weighted by atomic mass is 9.80. The number of rotatable bonds is 3. The highest BCUT2D eigenvalue weighted by Gasteiger charge is 2.42. The Hall–Kier alpha value is -1.28. The third-order valence-corrected chi connectivity index (χ3v) is 6.70. The van der Waals surface area contributed by atoms with Crippen molar-refractivity contribution in [3.63, 3.8) is 0 Å². The van der Waals surface area contributed by atoms with Crippen LogP contribution in [0.1, 0.15) is 33.6 Å². The smallest absolute Gasteiger partial charge is 0.407 e. The number of nitrogens with one attached hydrogen (secondary N) is 1. The number of likely N-dealkylation sites (tertiary alicyclic amines) is 1. The van der Waals surface area contributed by atoms with E-state index < -0.39 is 21.4 Å². The molecule has 0 bridgehead atoms. The maximum Gasteiger partial charge on any atom is 0.407 e. The van der Waals surface area contributed by atoms with Gasteiger partial charge in [-0.25, -0.2) is 13.2 Å². The van der Waals surface area contributed by atoms with Crippen molar-refractivity contribution in [2.24, 2.45) is 5.41 Å². The van der Waals surface area contributed by atoms with Crippen molar-refractivity contribution in [3.8, 4) is 0 Å². The quantitative estimate of drug-likeness (QED) is 0.782. The van der Waals surface area contributed by atoms with Crippen LogP contribution in [0.3, 0.4) is 0 Å². The van der Waals surface area contributed by atoms with E-state index in [1.54, 1.807) is 24.3 Å². The number of amides is 1. The van der Waals surface area contributed by atoms with Gasteiger partial charge in [0.25, 0.3) is 0 Å². The Labute approximate surface area is 151 Å². The maximum absolute atomic E-state index is 12.7. The molecule has 1 aliphatic rings. The highest BCUT2D eigenvalue weighted by Crippen LogP contribution is 2.34. The second kappa shape index (κ2) is 6.92. The molecule has 0 radical (unpaired) electrons. The molecule has 0 saturated carbocycles. The van der Waals surface area contributed by atoms with Crippen LogP contribution in [0.25, 0.3) is 0 Å². The number of benzene rings is 1. The normalized spacial score (nSPS) is 22.2. The minimum absolute atomic E-state index is 0.225. The third kappa shape index (κ3) is 4.42. The topological polar surface area (TPSA) is 86.7 Å². The van der Waals surface area contributed by atoms with Gasteiger partial charge in [-0.15, -0.1) is 0 Å². The number of sulfonamides is 1. The molecule has 2 unspecified atom stereocenters. The van der Waals surface area contributed by atoms with Crippen LogP contribution in [0.4, 0.5) is 10.5 Å². The Balaban J connectivity index is 2.19. The molecule has 1 heterocycles. The molecule has 24 heavy (non-hydrogen) atoms. The second-order valence-electron chi connectivity index (χ2n) is 7.16. The van der Waals surface area contributed by atoms with Gasteiger partial charge in [0.15, 0.2) is 0 Å². The largest absolute Gasteiger partial charge is 0.465 e. The molecule has 0 spiro atoms. The summed E-state index contributed by atoms with van der Waals surface area (Å²) in [7, 11) is -3.58.